The van der Waals surface area contributed by atoms with Crippen LogP contribution in [0.5, 0.6) is 0 Å². The van der Waals surface area contributed by atoms with Gasteiger partial charge >= 0.3 is 0 Å². The molecule has 2 heterocycles. The van der Waals surface area contributed by atoms with Crippen molar-refractivity contribution < 1.29 is 18.0 Å². The second-order valence-electron chi connectivity index (χ2n) is 5.68. The standard InChI is InChI=1S/C15H19N3O4S.ClH/c1-2-18-15(20)12-4-3-10(9-13(12)23(18,21)22)14(19)17-11-5-7-16-8-6-11;/h3-4,9,11,16H,2,5-8H2,1H3,(H,17,19);1H. The molecular formula is C15H20ClN3O4S. The molecule has 1 aromatic carbocycles. The molecule has 0 atom stereocenters. The number of hydrogen-bond donors (Lipinski definition) is 2. The van der Waals surface area contributed by atoms with E-state index >= 15 is 0 Å². The van der Waals surface area contributed by atoms with Gasteiger partial charge in [-0.25, -0.2) is 12.7 Å². The summed E-state index contributed by atoms with van der Waals surface area (Å²) in [7, 11) is -3.84. The van der Waals surface area contributed by atoms with E-state index in [-0.39, 0.29) is 46.9 Å². The lowest BCUT2D eigenvalue weighted by Gasteiger charge is -2.23. The summed E-state index contributed by atoms with van der Waals surface area (Å²) in [6.45, 7) is 3.38. The van der Waals surface area contributed by atoms with Gasteiger partial charge in [0.15, 0.2) is 0 Å². The second kappa shape index (κ2) is 7.08. The fourth-order valence-electron chi connectivity index (χ4n) is 2.96. The van der Waals surface area contributed by atoms with E-state index < -0.39 is 15.9 Å². The number of piperidine rings is 1. The average molecular weight is 374 g/mol. The molecule has 7 nitrogen and oxygen atoms in total. The van der Waals surface area contributed by atoms with Gasteiger partial charge in [0.25, 0.3) is 21.8 Å². The normalized spacial score (nSPS) is 19.5. The summed E-state index contributed by atoms with van der Waals surface area (Å²) >= 11 is 0. The quantitative estimate of drug-likeness (QED) is 0.815. The summed E-state index contributed by atoms with van der Waals surface area (Å²) in [5, 5.41) is 6.13. The summed E-state index contributed by atoms with van der Waals surface area (Å²) in [6, 6.07) is 4.31. The molecule has 1 fully saturated rings. The second-order valence-corrected chi connectivity index (χ2v) is 7.51. The van der Waals surface area contributed by atoms with Crippen LogP contribution in [-0.2, 0) is 10.0 Å². The molecule has 0 radical (unpaired) electrons. The smallest absolute Gasteiger partial charge is 0.268 e. The first kappa shape index (κ1) is 18.7. The van der Waals surface area contributed by atoms with Crippen molar-refractivity contribution in [3.63, 3.8) is 0 Å². The van der Waals surface area contributed by atoms with Crippen LogP contribution in [0.2, 0.25) is 0 Å². The maximum absolute atomic E-state index is 12.4. The minimum absolute atomic E-state index is 0. The van der Waals surface area contributed by atoms with Crippen molar-refractivity contribution in [1.82, 2.24) is 14.9 Å². The van der Waals surface area contributed by atoms with Crippen LogP contribution in [0.25, 0.3) is 0 Å². The largest absolute Gasteiger partial charge is 0.349 e. The van der Waals surface area contributed by atoms with E-state index in [0.29, 0.717) is 0 Å². The van der Waals surface area contributed by atoms with Gasteiger partial charge in [0.2, 0.25) is 0 Å². The summed E-state index contributed by atoms with van der Waals surface area (Å²) in [5.41, 5.74) is 0.391. The van der Waals surface area contributed by atoms with Crippen LogP contribution >= 0.6 is 12.4 Å². The lowest BCUT2D eigenvalue weighted by molar-refractivity contribution is 0.0873. The highest BCUT2D eigenvalue weighted by Gasteiger charge is 2.40. The highest BCUT2D eigenvalue weighted by molar-refractivity contribution is 7.90. The molecule has 0 saturated carbocycles. The third-order valence-corrected chi connectivity index (χ3v) is 6.13. The Hall–Kier alpha value is -1.64. The van der Waals surface area contributed by atoms with Crippen molar-refractivity contribution in [2.75, 3.05) is 19.6 Å². The van der Waals surface area contributed by atoms with E-state index in [1.54, 1.807) is 6.92 Å². The van der Waals surface area contributed by atoms with Gasteiger partial charge in [-0.15, -0.1) is 12.4 Å². The average Bonchev–Trinajstić information content (AvgIpc) is 2.74. The molecule has 2 aliphatic rings. The Bertz CT molecular complexity index is 760. The lowest BCUT2D eigenvalue weighted by atomic mass is 10.1. The van der Waals surface area contributed by atoms with Crippen LogP contribution in [0.15, 0.2) is 23.1 Å². The summed E-state index contributed by atoms with van der Waals surface area (Å²) in [6.07, 6.45) is 1.69. The van der Waals surface area contributed by atoms with Crippen LogP contribution in [0.4, 0.5) is 0 Å². The molecule has 0 aromatic heterocycles. The molecule has 3 rings (SSSR count). The molecule has 132 valence electrons. The third kappa shape index (κ3) is 3.13. The van der Waals surface area contributed by atoms with E-state index in [1.165, 1.54) is 18.2 Å². The predicted octanol–water partition coefficient (Wildman–Crippen LogP) is 0.755. The molecule has 0 aliphatic carbocycles. The van der Waals surface area contributed by atoms with E-state index in [2.05, 4.69) is 10.6 Å². The molecule has 1 aromatic rings. The zero-order chi connectivity index (χ0) is 16.6. The first-order valence-corrected chi connectivity index (χ1v) is 9.12. The molecule has 24 heavy (non-hydrogen) atoms. The first-order valence-electron chi connectivity index (χ1n) is 7.68. The van der Waals surface area contributed by atoms with Gasteiger partial charge in [0.1, 0.15) is 4.90 Å². The number of rotatable bonds is 3. The molecule has 9 heteroatoms. The first-order chi connectivity index (χ1) is 10.9. The van der Waals surface area contributed by atoms with Gasteiger partial charge in [0, 0.05) is 18.2 Å². The fourth-order valence-corrected chi connectivity index (χ4v) is 4.57. The minimum Gasteiger partial charge on any atom is -0.349 e. The number of sulfonamides is 1. The monoisotopic (exact) mass is 373 g/mol. The van der Waals surface area contributed by atoms with E-state index in [1.807, 2.05) is 0 Å². The zero-order valence-electron chi connectivity index (χ0n) is 13.2. The van der Waals surface area contributed by atoms with E-state index in [9.17, 15) is 18.0 Å². The molecule has 2 N–H and O–H groups in total. The van der Waals surface area contributed by atoms with Crippen molar-refractivity contribution >= 4 is 34.2 Å². The molecule has 0 bridgehead atoms. The Balaban J connectivity index is 0.00000208. The molecule has 2 amide bonds. The number of hydrogen-bond acceptors (Lipinski definition) is 5. The van der Waals surface area contributed by atoms with Crippen molar-refractivity contribution in [2.45, 2.75) is 30.7 Å². The number of nitrogens with zero attached hydrogens (tertiary/aromatic N) is 1. The van der Waals surface area contributed by atoms with Crippen LogP contribution < -0.4 is 10.6 Å². The molecule has 2 aliphatic heterocycles. The Morgan fingerprint density at radius 3 is 2.62 bits per heavy atom. The minimum atomic E-state index is -3.84. The van der Waals surface area contributed by atoms with Crippen LogP contribution in [0.3, 0.4) is 0 Å². The summed E-state index contributed by atoms with van der Waals surface area (Å²) < 4.78 is 25.5. The Labute approximate surface area is 147 Å². The van der Waals surface area contributed by atoms with Gasteiger partial charge in [-0.3, -0.25) is 9.59 Å². The molecule has 0 unspecified atom stereocenters. The fraction of sp³-hybridized carbons (Fsp3) is 0.467. The summed E-state index contributed by atoms with van der Waals surface area (Å²) in [5.74, 6) is -0.842. The Morgan fingerprint density at radius 2 is 2.00 bits per heavy atom. The van der Waals surface area contributed by atoms with Gasteiger partial charge in [-0.05, 0) is 51.1 Å². The number of halogens is 1. The van der Waals surface area contributed by atoms with Crippen molar-refractivity contribution in [3.05, 3.63) is 29.3 Å². The molecule has 1 saturated heterocycles. The van der Waals surface area contributed by atoms with Gasteiger partial charge in [-0.2, -0.15) is 0 Å². The predicted molar refractivity (Wildman–Crippen MR) is 90.9 cm³/mol. The number of nitrogens with one attached hydrogen (secondary N) is 2. The number of carbonyl (C=O) groups is 2. The summed E-state index contributed by atoms with van der Waals surface area (Å²) in [4.78, 5) is 24.3. The van der Waals surface area contributed by atoms with Gasteiger partial charge < -0.3 is 10.6 Å². The zero-order valence-corrected chi connectivity index (χ0v) is 14.9. The third-order valence-electron chi connectivity index (χ3n) is 4.23. The maximum Gasteiger partial charge on any atom is 0.268 e. The molecule has 0 spiro atoms. The van der Waals surface area contributed by atoms with Gasteiger partial charge in [-0.1, -0.05) is 0 Å². The van der Waals surface area contributed by atoms with Crippen molar-refractivity contribution in [1.29, 1.82) is 0 Å². The maximum atomic E-state index is 12.4. The number of benzene rings is 1. The number of fused-ring (bicyclic) bond motifs is 1. The highest BCUT2D eigenvalue weighted by atomic mass is 35.5. The van der Waals surface area contributed by atoms with Crippen LogP contribution in [0, 0.1) is 0 Å². The van der Waals surface area contributed by atoms with E-state index in [0.717, 1.165) is 30.2 Å². The Kier molecular flexibility index (Phi) is 5.52. The highest BCUT2D eigenvalue weighted by Crippen LogP contribution is 2.30. The lowest BCUT2D eigenvalue weighted by Crippen LogP contribution is -2.42. The van der Waals surface area contributed by atoms with Crippen molar-refractivity contribution in [2.24, 2.45) is 0 Å². The number of carbonyl (C=O) groups excluding carboxylic acids is 2. The van der Waals surface area contributed by atoms with Crippen LogP contribution in [0.1, 0.15) is 40.5 Å². The van der Waals surface area contributed by atoms with Crippen LogP contribution in [-0.4, -0.2) is 50.2 Å². The molecular weight excluding hydrogens is 354 g/mol. The van der Waals surface area contributed by atoms with Crippen molar-refractivity contribution in [3.8, 4) is 0 Å². The van der Waals surface area contributed by atoms with E-state index in [4.69, 9.17) is 0 Å². The number of amides is 2. The van der Waals surface area contributed by atoms with Gasteiger partial charge in [0.05, 0.1) is 5.56 Å². The Morgan fingerprint density at radius 1 is 1.33 bits per heavy atom. The topological polar surface area (TPSA) is 95.6 Å². The SMILES string of the molecule is CCN1C(=O)c2ccc(C(=O)NC3CCNCC3)cc2S1(=O)=O.Cl.